The number of rotatable bonds is 5. The van der Waals surface area contributed by atoms with E-state index in [4.69, 9.17) is 4.43 Å². The minimum atomic E-state index is -1.36. The Hall–Kier alpha value is -1.44. The van der Waals surface area contributed by atoms with Crippen LogP contribution in [0.5, 0.6) is 0 Å². The maximum Gasteiger partial charge on any atom is 0.185 e. The number of hydrogen-bond acceptors (Lipinski definition) is 5. The van der Waals surface area contributed by atoms with Crippen LogP contribution in [-0.2, 0) is 11.0 Å². The quantitative estimate of drug-likeness (QED) is 0.709. The summed E-state index contributed by atoms with van der Waals surface area (Å²) in [6, 6.07) is 5.66. The summed E-state index contributed by atoms with van der Waals surface area (Å²) < 4.78 is 21.1. The number of anilines is 2. The number of hydrogen-bond donors (Lipinski definition) is 0. The Bertz CT molecular complexity index is 712. The lowest BCUT2D eigenvalue weighted by atomic mass is 10.1. The molecule has 1 aliphatic rings. The molecule has 3 rings (SSSR count). The monoisotopic (exact) mass is 393 g/mol. The van der Waals surface area contributed by atoms with Crippen LogP contribution in [0.15, 0.2) is 29.8 Å². The maximum absolute atomic E-state index is 15.0. The molecule has 7 heteroatoms. The zero-order valence-corrected chi connectivity index (χ0v) is 18.0. The van der Waals surface area contributed by atoms with E-state index >= 15 is 4.39 Å². The van der Waals surface area contributed by atoms with Crippen LogP contribution < -0.4 is 9.80 Å². The van der Waals surface area contributed by atoms with E-state index in [-0.39, 0.29) is 10.9 Å². The summed E-state index contributed by atoms with van der Waals surface area (Å²) in [4.78, 5) is 8.77. The molecule has 1 fully saturated rings. The van der Waals surface area contributed by atoms with Crippen molar-refractivity contribution in [2.75, 3.05) is 36.0 Å². The molecule has 142 valence electrons. The van der Waals surface area contributed by atoms with Crippen molar-refractivity contribution in [1.82, 2.24) is 4.98 Å². The second kappa shape index (κ2) is 8.06. The van der Waals surface area contributed by atoms with E-state index in [2.05, 4.69) is 42.1 Å². The molecule has 1 saturated heterocycles. The highest BCUT2D eigenvalue weighted by molar-refractivity contribution is 7.13. The molecule has 0 bridgehead atoms. The van der Waals surface area contributed by atoms with Gasteiger partial charge in [0.2, 0.25) is 0 Å². The summed E-state index contributed by atoms with van der Waals surface area (Å²) in [5.41, 5.74) is 1.35. The fraction of sp³-hybridized carbons (Fsp3) is 0.526. The molecule has 0 saturated carbocycles. The Kier molecular flexibility index (Phi) is 5.99. The van der Waals surface area contributed by atoms with Gasteiger partial charge in [0, 0.05) is 43.3 Å². The van der Waals surface area contributed by atoms with Crippen molar-refractivity contribution in [3.8, 4) is 0 Å². The molecule has 1 aromatic heterocycles. The van der Waals surface area contributed by atoms with Gasteiger partial charge in [0.05, 0.1) is 12.3 Å². The van der Waals surface area contributed by atoms with Gasteiger partial charge < -0.3 is 14.2 Å². The van der Waals surface area contributed by atoms with E-state index in [0.717, 1.165) is 31.3 Å². The first-order valence-electron chi connectivity index (χ1n) is 9.14. The molecule has 0 amide bonds. The van der Waals surface area contributed by atoms with E-state index in [9.17, 15) is 0 Å². The lowest BCUT2D eigenvalue weighted by Gasteiger charge is -2.36. The smallest absolute Gasteiger partial charge is 0.185 e. The van der Waals surface area contributed by atoms with Crippen molar-refractivity contribution in [3.05, 3.63) is 41.2 Å². The zero-order valence-electron chi connectivity index (χ0n) is 16.0. The van der Waals surface area contributed by atoms with E-state index in [1.807, 2.05) is 29.8 Å². The van der Waals surface area contributed by atoms with Gasteiger partial charge in [-0.15, -0.1) is 11.3 Å². The summed E-state index contributed by atoms with van der Waals surface area (Å²) in [5, 5.41) is 3.22. The number of thiazole rings is 1. The molecule has 1 unspecified atom stereocenters. The molecule has 1 aliphatic heterocycles. The molecule has 0 radical (unpaired) electrons. The first kappa shape index (κ1) is 19.3. The van der Waals surface area contributed by atoms with E-state index in [0.29, 0.717) is 17.9 Å². The molecule has 1 aromatic carbocycles. The van der Waals surface area contributed by atoms with Gasteiger partial charge in [-0.05, 0) is 17.7 Å². The number of piperazine rings is 1. The number of nitrogens with zero attached hydrogens (tertiary/aromatic N) is 3. The molecule has 4 nitrogen and oxygen atoms in total. The first-order valence-corrected chi connectivity index (χ1v) is 12.2. The van der Waals surface area contributed by atoms with Gasteiger partial charge in [0.1, 0.15) is 0 Å². The van der Waals surface area contributed by atoms with Crippen LogP contribution >= 0.6 is 11.3 Å². The summed E-state index contributed by atoms with van der Waals surface area (Å²) >= 11 is 1.65. The normalized spacial score (nSPS) is 16.8. The van der Waals surface area contributed by atoms with Crippen LogP contribution in [-0.4, -0.2) is 40.2 Å². The third kappa shape index (κ3) is 4.45. The highest BCUT2D eigenvalue weighted by Crippen LogP contribution is 2.30. The molecule has 2 aromatic rings. The largest absolute Gasteiger partial charge is 0.415 e. The number of halogens is 1. The zero-order chi connectivity index (χ0) is 18.7. The fourth-order valence-electron chi connectivity index (χ4n) is 2.90. The van der Waals surface area contributed by atoms with Crippen LogP contribution in [0.25, 0.3) is 0 Å². The van der Waals surface area contributed by atoms with Crippen molar-refractivity contribution in [2.45, 2.75) is 39.0 Å². The predicted molar refractivity (Wildman–Crippen MR) is 110 cm³/mol. The standard InChI is InChI=1S/C19H28FN3OSSi/c1-19(2,3)26(4)24-14-15-6-5-7-16(17(15)20)22-9-11-23(12-10-22)18-21-8-13-25-18/h5-8,13,26H,9-12,14H2,1-4H3. The molecule has 1 atom stereocenters. The minimum Gasteiger partial charge on any atom is -0.415 e. The lowest BCUT2D eigenvalue weighted by molar-refractivity contribution is 0.288. The topological polar surface area (TPSA) is 28.6 Å². The molecule has 0 spiro atoms. The molecule has 0 aliphatic carbocycles. The Labute approximate surface area is 161 Å². The van der Waals surface area contributed by atoms with Crippen LogP contribution in [0.1, 0.15) is 26.3 Å². The molecular formula is C19H28FN3OSSi. The van der Waals surface area contributed by atoms with Gasteiger partial charge in [-0.2, -0.15) is 0 Å². The van der Waals surface area contributed by atoms with Crippen LogP contribution in [0.3, 0.4) is 0 Å². The van der Waals surface area contributed by atoms with Gasteiger partial charge in [0.25, 0.3) is 0 Å². The fourth-order valence-corrected chi connectivity index (χ4v) is 4.52. The number of benzene rings is 1. The van der Waals surface area contributed by atoms with Crippen LogP contribution in [0, 0.1) is 5.82 Å². The second-order valence-electron chi connectivity index (χ2n) is 7.86. The Morgan fingerprint density at radius 1 is 1.19 bits per heavy atom. The Morgan fingerprint density at radius 2 is 1.88 bits per heavy atom. The van der Waals surface area contributed by atoms with Gasteiger partial charge in [-0.3, -0.25) is 0 Å². The van der Waals surface area contributed by atoms with Crippen molar-refractivity contribution in [3.63, 3.8) is 0 Å². The maximum atomic E-state index is 15.0. The van der Waals surface area contributed by atoms with Gasteiger partial charge in [-0.25, -0.2) is 9.37 Å². The van der Waals surface area contributed by atoms with Crippen molar-refractivity contribution >= 4 is 31.2 Å². The minimum absolute atomic E-state index is 0.134. The van der Waals surface area contributed by atoms with E-state index in [1.165, 1.54) is 0 Å². The summed E-state index contributed by atoms with van der Waals surface area (Å²) in [5.74, 6) is -0.134. The summed E-state index contributed by atoms with van der Waals surface area (Å²) in [6.07, 6.45) is 1.83. The average molecular weight is 394 g/mol. The third-order valence-corrected chi connectivity index (χ3v) is 9.01. The van der Waals surface area contributed by atoms with Crippen molar-refractivity contribution in [1.29, 1.82) is 0 Å². The number of aromatic nitrogens is 1. The van der Waals surface area contributed by atoms with Crippen molar-refractivity contribution in [2.24, 2.45) is 0 Å². The van der Waals surface area contributed by atoms with Crippen molar-refractivity contribution < 1.29 is 8.82 Å². The third-order valence-electron chi connectivity index (χ3n) is 5.08. The Morgan fingerprint density at radius 3 is 2.50 bits per heavy atom. The summed E-state index contributed by atoms with van der Waals surface area (Å²) in [7, 11) is -1.36. The Balaban J connectivity index is 1.64. The van der Waals surface area contributed by atoms with Gasteiger partial charge in [-0.1, -0.05) is 32.9 Å². The van der Waals surface area contributed by atoms with Crippen LogP contribution in [0.4, 0.5) is 15.2 Å². The first-order chi connectivity index (χ1) is 12.4. The molecule has 0 N–H and O–H groups in total. The highest BCUT2D eigenvalue weighted by atomic mass is 32.1. The molecule has 26 heavy (non-hydrogen) atoms. The van der Waals surface area contributed by atoms with E-state index < -0.39 is 9.04 Å². The van der Waals surface area contributed by atoms with Gasteiger partial charge >= 0.3 is 0 Å². The highest BCUT2D eigenvalue weighted by Gasteiger charge is 2.25. The lowest BCUT2D eigenvalue weighted by Crippen LogP contribution is -2.46. The second-order valence-corrected chi connectivity index (χ2v) is 12.1. The van der Waals surface area contributed by atoms with Gasteiger partial charge in [0.15, 0.2) is 20.0 Å². The summed E-state index contributed by atoms with van der Waals surface area (Å²) in [6.45, 7) is 12.4. The van der Waals surface area contributed by atoms with E-state index in [1.54, 1.807) is 11.3 Å². The molecule has 2 heterocycles. The SMILES string of the molecule is C[SiH](OCc1cccc(N2CCN(c3nccs3)CC2)c1F)C(C)(C)C. The van der Waals surface area contributed by atoms with Crippen LogP contribution in [0.2, 0.25) is 11.6 Å². The predicted octanol–water partition coefficient (Wildman–Crippen LogP) is 4.28. The average Bonchev–Trinajstić information content (AvgIpc) is 3.14. The molecular weight excluding hydrogens is 365 g/mol.